The van der Waals surface area contributed by atoms with E-state index in [0.717, 1.165) is 19.4 Å². The largest absolute Gasteiger partial charge is 0.298 e. The molecule has 0 radical (unpaired) electrons. The van der Waals surface area contributed by atoms with Crippen LogP contribution in [0.5, 0.6) is 0 Å². The highest BCUT2D eigenvalue weighted by molar-refractivity contribution is 14.1. The number of hydrogen-bond acceptors (Lipinski definition) is 2. The summed E-state index contributed by atoms with van der Waals surface area (Å²) in [7, 11) is 0. The van der Waals surface area contributed by atoms with E-state index in [9.17, 15) is 4.79 Å². The van der Waals surface area contributed by atoms with Crippen LogP contribution in [0.1, 0.15) is 10.4 Å². The van der Waals surface area contributed by atoms with Crippen molar-refractivity contribution >= 4 is 63.1 Å². The Bertz CT molecular complexity index is 554. The summed E-state index contributed by atoms with van der Waals surface area (Å²) in [6, 6.07) is 5.21. The molecule has 0 saturated carbocycles. The predicted molar refractivity (Wildman–Crippen MR) is 79.4 cm³/mol. The van der Waals surface area contributed by atoms with Crippen molar-refractivity contribution in [1.82, 2.24) is 9.55 Å². The van der Waals surface area contributed by atoms with Crippen LogP contribution in [0.3, 0.4) is 0 Å². The van der Waals surface area contributed by atoms with Crippen molar-refractivity contribution in [2.45, 2.75) is 0 Å². The zero-order chi connectivity index (χ0) is 11.7. The Morgan fingerprint density at radius 1 is 1.38 bits per heavy atom. The third kappa shape index (κ3) is 2.25. The van der Waals surface area contributed by atoms with Crippen LogP contribution in [-0.2, 0) is 0 Å². The minimum Gasteiger partial charge on any atom is -0.298 e. The van der Waals surface area contributed by atoms with Crippen LogP contribution >= 0.6 is 56.8 Å². The zero-order valence-corrected chi connectivity index (χ0v) is 12.9. The fraction of sp³-hybridized carbons (Fsp3) is 0. The molecule has 0 aliphatic carbocycles. The summed E-state index contributed by atoms with van der Waals surface area (Å²) in [6.07, 6.45) is 2.49. The van der Waals surface area contributed by atoms with Crippen LogP contribution in [0, 0.1) is 7.40 Å². The van der Waals surface area contributed by atoms with E-state index in [4.69, 9.17) is 11.6 Å². The first-order chi connectivity index (χ1) is 7.63. The number of hydrogen-bond donors (Lipinski definition) is 0. The fourth-order valence-corrected chi connectivity index (χ4v) is 2.41. The standard InChI is InChI=1S/C10H5ClI2N2O/c11-7-1-2-8(6(3-7)4-16)15-5-14-9(12)10(15)13/h1-5H. The minimum absolute atomic E-state index is 0.552. The van der Waals surface area contributed by atoms with Gasteiger partial charge in [0, 0.05) is 10.6 Å². The molecule has 0 atom stereocenters. The summed E-state index contributed by atoms with van der Waals surface area (Å²) in [5.41, 5.74) is 1.35. The third-order valence-electron chi connectivity index (χ3n) is 2.04. The van der Waals surface area contributed by atoms with Gasteiger partial charge in [0.1, 0.15) is 13.7 Å². The van der Waals surface area contributed by atoms with Crippen LogP contribution < -0.4 is 0 Å². The van der Waals surface area contributed by atoms with Crippen LogP contribution in [-0.4, -0.2) is 15.8 Å². The first kappa shape index (κ1) is 12.3. The third-order valence-corrected chi connectivity index (χ3v) is 5.13. The van der Waals surface area contributed by atoms with Gasteiger partial charge in [-0.25, -0.2) is 4.98 Å². The van der Waals surface area contributed by atoms with Gasteiger partial charge in [-0.2, -0.15) is 0 Å². The number of carbonyl (C=O) groups is 1. The minimum atomic E-state index is 0.552. The number of rotatable bonds is 2. The number of halogens is 3. The molecule has 1 aromatic heterocycles. The Morgan fingerprint density at radius 2 is 2.12 bits per heavy atom. The molecule has 2 aromatic rings. The van der Waals surface area contributed by atoms with Crippen molar-refractivity contribution in [2.75, 3.05) is 0 Å². The Hall–Kier alpha value is -0.150. The summed E-state index contributed by atoms with van der Waals surface area (Å²) in [5, 5.41) is 0.552. The zero-order valence-electron chi connectivity index (χ0n) is 7.82. The van der Waals surface area contributed by atoms with Crippen molar-refractivity contribution in [3.05, 3.63) is 42.5 Å². The number of carbonyl (C=O) groups excluding carboxylic acids is 1. The van der Waals surface area contributed by atoms with E-state index in [2.05, 4.69) is 50.2 Å². The molecular formula is C10H5ClI2N2O. The highest BCUT2D eigenvalue weighted by atomic mass is 127. The molecule has 82 valence electrons. The van der Waals surface area contributed by atoms with Crippen LogP contribution in [0.15, 0.2) is 24.5 Å². The maximum atomic E-state index is 11.0. The van der Waals surface area contributed by atoms with E-state index in [1.165, 1.54) is 0 Å². The number of nitrogens with zero attached hydrogens (tertiary/aromatic N) is 2. The van der Waals surface area contributed by atoms with Crippen molar-refractivity contribution in [3.63, 3.8) is 0 Å². The molecule has 0 bridgehead atoms. The van der Waals surface area contributed by atoms with Gasteiger partial charge in [0.25, 0.3) is 0 Å². The molecule has 3 nitrogen and oxygen atoms in total. The summed E-state index contributed by atoms with van der Waals surface area (Å²) >= 11 is 10.2. The van der Waals surface area contributed by atoms with Crippen LogP contribution in [0.25, 0.3) is 5.69 Å². The van der Waals surface area contributed by atoms with Crippen molar-refractivity contribution in [3.8, 4) is 5.69 Å². The van der Waals surface area contributed by atoms with Crippen molar-refractivity contribution in [1.29, 1.82) is 0 Å². The van der Waals surface area contributed by atoms with Gasteiger partial charge in [0.05, 0.1) is 5.69 Å². The Balaban J connectivity index is 2.64. The maximum Gasteiger partial charge on any atom is 0.152 e. The monoisotopic (exact) mass is 458 g/mol. The fourth-order valence-electron chi connectivity index (χ4n) is 1.32. The van der Waals surface area contributed by atoms with E-state index in [0.29, 0.717) is 10.6 Å². The van der Waals surface area contributed by atoms with E-state index >= 15 is 0 Å². The van der Waals surface area contributed by atoms with E-state index < -0.39 is 0 Å². The molecule has 0 unspecified atom stereocenters. The molecular weight excluding hydrogens is 453 g/mol. The lowest BCUT2D eigenvalue weighted by Gasteiger charge is -2.07. The normalized spacial score (nSPS) is 10.4. The second-order valence-corrected chi connectivity index (χ2v) is 5.50. The van der Waals surface area contributed by atoms with Gasteiger partial charge in [-0.15, -0.1) is 0 Å². The topological polar surface area (TPSA) is 34.9 Å². The van der Waals surface area contributed by atoms with Crippen LogP contribution in [0.2, 0.25) is 5.02 Å². The van der Waals surface area contributed by atoms with Crippen molar-refractivity contribution < 1.29 is 4.79 Å². The average molecular weight is 458 g/mol. The summed E-state index contributed by atoms with van der Waals surface area (Å²) in [6.45, 7) is 0. The molecule has 0 aliphatic rings. The quantitative estimate of drug-likeness (QED) is 0.510. The molecule has 1 aromatic carbocycles. The summed E-state index contributed by atoms with van der Waals surface area (Å²) < 4.78 is 3.75. The molecule has 0 N–H and O–H groups in total. The van der Waals surface area contributed by atoms with Gasteiger partial charge < -0.3 is 0 Å². The number of aromatic nitrogens is 2. The molecule has 2 rings (SSSR count). The Kier molecular flexibility index (Phi) is 3.85. The van der Waals surface area contributed by atoms with Gasteiger partial charge in [-0.1, -0.05) is 11.6 Å². The lowest BCUT2D eigenvalue weighted by molar-refractivity contribution is 0.112. The average Bonchev–Trinajstić information content (AvgIpc) is 2.60. The van der Waals surface area contributed by atoms with Crippen LogP contribution in [0.4, 0.5) is 0 Å². The molecule has 0 fully saturated rings. The van der Waals surface area contributed by atoms with Gasteiger partial charge >= 0.3 is 0 Å². The summed E-state index contributed by atoms with van der Waals surface area (Å²) in [4.78, 5) is 15.2. The SMILES string of the molecule is O=Cc1cc(Cl)ccc1-n1cnc(I)c1I. The molecule has 0 spiro atoms. The highest BCUT2D eigenvalue weighted by Crippen LogP contribution is 2.22. The molecule has 0 amide bonds. The van der Waals surface area contributed by atoms with E-state index in [-0.39, 0.29) is 0 Å². The van der Waals surface area contributed by atoms with Crippen molar-refractivity contribution in [2.24, 2.45) is 0 Å². The van der Waals surface area contributed by atoms with Gasteiger partial charge in [-0.3, -0.25) is 9.36 Å². The Morgan fingerprint density at radius 3 is 2.69 bits per heavy atom. The summed E-state index contributed by atoms with van der Waals surface area (Å²) in [5.74, 6) is 0. The number of benzene rings is 1. The molecule has 6 heteroatoms. The van der Waals surface area contributed by atoms with Gasteiger partial charge in [0.2, 0.25) is 0 Å². The maximum absolute atomic E-state index is 11.0. The smallest absolute Gasteiger partial charge is 0.152 e. The lowest BCUT2D eigenvalue weighted by atomic mass is 10.2. The molecule has 1 heterocycles. The van der Waals surface area contributed by atoms with Gasteiger partial charge in [0.15, 0.2) is 6.29 Å². The number of aldehydes is 1. The number of imidazole rings is 1. The first-order valence-electron chi connectivity index (χ1n) is 4.27. The molecule has 0 aliphatic heterocycles. The van der Waals surface area contributed by atoms with E-state index in [1.54, 1.807) is 18.5 Å². The molecule has 0 saturated heterocycles. The van der Waals surface area contributed by atoms with Gasteiger partial charge in [-0.05, 0) is 63.4 Å². The molecule has 16 heavy (non-hydrogen) atoms. The second-order valence-electron chi connectivity index (χ2n) is 3.02. The Labute approximate surface area is 124 Å². The second kappa shape index (κ2) is 5.01. The highest BCUT2D eigenvalue weighted by Gasteiger charge is 2.10. The lowest BCUT2D eigenvalue weighted by Crippen LogP contribution is -2.00. The predicted octanol–water partition coefficient (Wildman–Crippen LogP) is 3.55. The first-order valence-corrected chi connectivity index (χ1v) is 6.80. The van der Waals surface area contributed by atoms with E-state index in [1.807, 2.05) is 10.6 Å².